The van der Waals surface area contributed by atoms with Crippen molar-refractivity contribution in [3.05, 3.63) is 20.4 Å². The SMILES string of the molecule is CCCCCCCCC(CC)OC=O.CCCCCCCCC(CCCCCCCC)OC(=O)CCCCCCCN(CCCCCCCC)CCCNc1c(NC)c(=O)c1=O. The third-order valence-corrected chi connectivity index (χ3v) is 12.4. The van der Waals surface area contributed by atoms with E-state index in [1.807, 2.05) is 0 Å². The Morgan fingerprint density at radius 2 is 0.903 bits per heavy atom. The molecule has 0 bridgehead atoms. The van der Waals surface area contributed by atoms with E-state index >= 15 is 0 Å². The Labute approximate surface area is 382 Å². The Balaban J connectivity index is 0.00000226. The zero-order chi connectivity index (χ0) is 45.7. The molecule has 9 heteroatoms. The summed E-state index contributed by atoms with van der Waals surface area (Å²) in [6.07, 6.45) is 42.3. The van der Waals surface area contributed by atoms with Crippen molar-refractivity contribution in [3.8, 4) is 0 Å². The van der Waals surface area contributed by atoms with Gasteiger partial charge in [-0.3, -0.25) is 19.2 Å². The van der Waals surface area contributed by atoms with E-state index < -0.39 is 10.9 Å². The first-order chi connectivity index (χ1) is 30.3. The minimum absolute atomic E-state index is 0.0151. The number of nitrogens with one attached hydrogen (secondary N) is 2. The number of carbonyl (C=O) groups excluding carboxylic acids is 2. The second-order valence-corrected chi connectivity index (χ2v) is 18.1. The van der Waals surface area contributed by atoms with Crippen molar-refractivity contribution in [1.82, 2.24) is 4.90 Å². The van der Waals surface area contributed by atoms with Gasteiger partial charge >= 0.3 is 5.97 Å². The average molecular weight is 876 g/mol. The fourth-order valence-corrected chi connectivity index (χ4v) is 8.31. The summed E-state index contributed by atoms with van der Waals surface area (Å²) in [6, 6.07) is 0. The largest absolute Gasteiger partial charge is 0.465 e. The lowest BCUT2D eigenvalue weighted by atomic mass is 10.0. The quantitative estimate of drug-likeness (QED) is 0.0286. The van der Waals surface area contributed by atoms with Gasteiger partial charge in [-0.1, -0.05) is 182 Å². The first-order valence-electron chi connectivity index (χ1n) is 26.6. The molecule has 0 spiro atoms. The van der Waals surface area contributed by atoms with Gasteiger partial charge in [0, 0.05) is 20.0 Å². The maximum atomic E-state index is 12.7. The molecule has 0 aliphatic carbocycles. The van der Waals surface area contributed by atoms with Gasteiger partial charge in [-0.15, -0.1) is 0 Å². The molecule has 1 unspecified atom stereocenters. The van der Waals surface area contributed by atoms with E-state index in [0.717, 1.165) is 71.0 Å². The predicted molar refractivity (Wildman–Crippen MR) is 267 cm³/mol. The summed E-state index contributed by atoms with van der Waals surface area (Å²) < 4.78 is 11.0. The van der Waals surface area contributed by atoms with Crippen LogP contribution in [0.3, 0.4) is 0 Å². The summed E-state index contributed by atoms with van der Waals surface area (Å²) in [7, 11) is 1.68. The van der Waals surface area contributed by atoms with Crippen molar-refractivity contribution in [2.24, 2.45) is 0 Å². The molecule has 0 aliphatic heterocycles. The summed E-state index contributed by atoms with van der Waals surface area (Å²) in [6.45, 7) is 15.6. The zero-order valence-electron chi connectivity index (χ0n) is 41.7. The fourth-order valence-electron chi connectivity index (χ4n) is 8.31. The number of ether oxygens (including phenoxy) is 2. The lowest BCUT2D eigenvalue weighted by Gasteiger charge is -2.23. The van der Waals surface area contributed by atoms with Crippen LogP contribution < -0.4 is 21.5 Å². The number of carbonyl (C=O) groups is 2. The highest BCUT2D eigenvalue weighted by Gasteiger charge is 2.19. The molecule has 2 N–H and O–H groups in total. The third kappa shape index (κ3) is 34.0. The predicted octanol–water partition coefficient (Wildman–Crippen LogP) is 14.2. The zero-order valence-corrected chi connectivity index (χ0v) is 41.7. The smallest absolute Gasteiger partial charge is 0.306 e. The number of unbranched alkanes of at least 4 members (excludes halogenated alkanes) is 24. The van der Waals surface area contributed by atoms with E-state index in [-0.39, 0.29) is 18.2 Å². The van der Waals surface area contributed by atoms with Crippen LogP contribution in [-0.2, 0) is 19.1 Å². The number of nitrogens with zero attached hydrogens (tertiary/aromatic N) is 1. The van der Waals surface area contributed by atoms with Crippen LogP contribution in [0.15, 0.2) is 9.59 Å². The summed E-state index contributed by atoms with van der Waals surface area (Å²) in [5.74, 6) is 0.0151. The molecule has 0 amide bonds. The van der Waals surface area contributed by atoms with E-state index in [1.54, 1.807) is 7.05 Å². The van der Waals surface area contributed by atoms with Crippen molar-refractivity contribution < 1.29 is 19.1 Å². The number of rotatable bonds is 46. The van der Waals surface area contributed by atoms with Crippen LogP contribution in [0.25, 0.3) is 0 Å². The fraction of sp³-hybridized carbons (Fsp3) is 0.887. The summed E-state index contributed by atoms with van der Waals surface area (Å²) >= 11 is 0. The Bertz CT molecular complexity index is 1180. The van der Waals surface area contributed by atoms with Gasteiger partial charge in [0.15, 0.2) is 0 Å². The molecular formula is C53H101N3O6. The van der Waals surface area contributed by atoms with Gasteiger partial charge in [-0.2, -0.15) is 0 Å². The van der Waals surface area contributed by atoms with Gasteiger partial charge < -0.3 is 25.0 Å². The van der Waals surface area contributed by atoms with E-state index in [4.69, 9.17) is 9.47 Å². The molecule has 364 valence electrons. The molecule has 0 radical (unpaired) electrons. The van der Waals surface area contributed by atoms with Gasteiger partial charge in [-0.25, -0.2) is 0 Å². The van der Waals surface area contributed by atoms with Crippen molar-refractivity contribution in [1.29, 1.82) is 0 Å². The lowest BCUT2D eigenvalue weighted by molar-refractivity contribution is -0.150. The Hall–Kier alpha value is -2.42. The second kappa shape index (κ2) is 45.2. The summed E-state index contributed by atoms with van der Waals surface area (Å²) in [5, 5.41) is 6.01. The molecule has 0 fully saturated rings. The molecule has 0 saturated carbocycles. The molecule has 1 rings (SSSR count). The van der Waals surface area contributed by atoms with Crippen LogP contribution in [0, 0.1) is 0 Å². The van der Waals surface area contributed by atoms with Gasteiger partial charge in [0.1, 0.15) is 23.6 Å². The first kappa shape index (κ1) is 59.6. The van der Waals surface area contributed by atoms with Crippen LogP contribution in [-0.4, -0.2) is 62.8 Å². The molecule has 1 aromatic rings. The monoisotopic (exact) mass is 876 g/mol. The molecule has 1 atom stereocenters. The van der Waals surface area contributed by atoms with E-state index in [9.17, 15) is 19.2 Å². The van der Waals surface area contributed by atoms with Gasteiger partial charge in [0.05, 0.1) is 0 Å². The van der Waals surface area contributed by atoms with Gasteiger partial charge in [0.25, 0.3) is 17.3 Å². The Kier molecular flexibility index (Phi) is 43.4. The maximum absolute atomic E-state index is 12.7. The summed E-state index contributed by atoms with van der Waals surface area (Å²) in [4.78, 5) is 48.9. The first-order valence-corrected chi connectivity index (χ1v) is 26.6. The minimum atomic E-state index is -0.419. The maximum Gasteiger partial charge on any atom is 0.306 e. The van der Waals surface area contributed by atoms with Crippen LogP contribution >= 0.6 is 0 Å². The molecule has 1 aromatic carbocycles. The molecule has 9 nitrogen and oxygen atoms in total. The van der Waals surface area contributed by atoms with Crippen LogP contribution in [0.2, 0.25) is 0 Å². The van der Waals surface area contributed by atoms with E-state index in [2.05, 4.69) is 50.2 Å². The van der Waals surface area contributed by atoms with Crippen LogP contribution in [0.5, 0.6) is 0 Å². The number of anilines is 2. The van der Waals surface area contributed by atoms with Crippen molar-refractivity contribution in [2.75, 3.05) is 43.9 Å². The standard InChI is InChI=1S/C41H77N3O4.C12H24O2/c1-5-8-11-14-18-23-29-36(30-24-19-15-12-9-6-2)48-37(45)31-25-20-17-22-27-34-44(33-26-21-16-13-10-7-3)35-28-32-43-39-38(42-4)40(46)41(39)47;1-3-5-6-7-8-9-10-12(4-2)14-11-13/h36,42-43H,5-35H2,1-4H3;11-12H,3-10H2,1-2H3. The number of hydrogen-bond donors (Lipinski definition) is 2. The lowest BCUT2D eigenvalue weighted by Crippen LogP contribution is -2.37. The molecular weight excluding hydrogens is 775 g/mol. The average Bonchev–Trinajstić information content (AvgIpc) is 3.28. The highest BCUT2D eigenvalue weighted by atomic mass is 16.5. The highest BCUT2D eigenvalue weighted by molar-refractivity contribution is 5.73. The second-order valence-electron chi connectivity index (χ2n) is 18.1. The Morgan fingerprint density at radius 1 is 0.516 bits per heavy atom. The molecule has 0 aromatic heterocycles. The molecule has 0 aliphatic rings. The molecule has 62 heavy (non-hydrogen) atoms. The Morgan fingerprint density at radius 3 is 1.34 bits per heavy atom. The third-order valence-electron chi connectivity index (χ3n) is 12.4. The topological polar surface area (TPSA) is 114 Å². The van der Waals surface area contributed by atoms with E-state index in [1.165, 1.54) is 167 Å². The van der Waals surface area contributed by atoms with Crippen molar-refractivity contribution >= 4 is 23.8 Å². The van der Waals surface area contributed by atoms with E-state index in [0.29, 0.717) is 30.8 Å². The molecule has 0 heterocycles. The number of hydrogen-bond acceptors (Lipinski definition) is 9. The highest BCUT2D eigenvalue weighted by Crippen LogP contribution is 2.19. The normalized spacial score (nSPS) is 11.8. The van der Waals surface area contributed by atoms with Gasteiger partial charge in [0.2, 0.25) is 0 Å². The van der Waals surface area contributed by atoms with Crippen molar-refractivity contribution in [3.63, 3.8) is 0 Å². The summed E-state index contributed by atoms with van der Waals surface area (Å²) in [5.41, 5.74) is 0.0359. The van der Waals surface area contributed by atoms with Gasteiger partial charge in [-0.05, 0) is 90.3 Å². The molecule has 0 saturated heterocycles. The number of esters is 1. The minimum Gasteiger partial charge on any atom is -0.465 e. The van der Waals surface area contributed by atoms with Crippen molar-refractivity contribution in [2.45, 2.75) is 272 Å². The van der Waals surface area contributed by atoms with Crippen LogP contribution in [0.1, 0.15) is 259 Å². The van der Waals surface area contributed by atoms with Crippen LogP contribution in [0.4, 0.5) is 11.4 Å².